The molecule has 0 aliphatic carbocycles. The van der Waals surface area contributed by atoms with Crippen LogP contribution in [-0.2, 0) is 6.18 Å². The third-order valence-corrected chi connectivity index (χ3v) is 8.91. The normalized spacial score (nSPS) is 13.9. The second kappa shape index (κ2) is 10.9. The number of piperidine rings is 1. The van der Waals surface area contributed by atoms with Gasteiger partial charge in [0.05, 0.1) is 34.8 Å². The molecule has 0 bridgehead atoms. The minimum atomic E-state index is -4.47. The quantitative estimate of drug-likeness (QED) is 0.202. The number of nitrogens with two attached hydrogens (primary N) is 1. The number of nitrogen functional groups attached to an aromatic ring is 1. The van der Waals surface area contributed by atoms with E-state index in [9.17, 15) is 18.0 Å². The van der Waals surface area contributed by atoms with Crippen LogP contribution in [0.25, 0.3) is 43.4 Å². The van der Waals surface area contributed by atoms with Crippen LogP contribution in [0.2, 0.25) is 0 Å². The summed E-state index contributed by atoms with van der Waals surface area (Å²) in [7, 11) is 0. The van der Waals surface area contributed by atoms with Gasteiger partial charge in [-0.2, -0.15) is 18.2 Å². The van der Waals surface area contributed by atoms with E-state index in [1.165, 1.54) is 12.1 Å². The van der Waals surface area contributed by atoms with Crippen molar-refractivity contribution in [2.75, 3.05) is 29.1 Å². The highest BCUT2D eigenvalue weighted by molar-refractivity contribution is 7.21. The Labute approximate surface area is 253 Å². The molecular weight excluding hydrogens is 589 g/mol. The lowest BCUT2D eigenvalue weighted by Gasteiger charge is -2.17. The molecule has 3 N–H and O–H groups in total. The number of nitrogens with one attached hydrogen (secondary N) is 1. The monoisotopic (exact) mass is 615 g/mol. The molecule has 1 aliphatic heterocycles. The van der Waals surface area contributed by atoms with E-state index in [4.69, 9.17) is 15.2 Å². The molecule has 0 atom stereocenters. The van der Waals surface area contributed by atoms with Crippen molar-refractivity contribution in [3.05, 3.63) is 89.4 Å². The Bertz CT molecular complexity index is 2010. The molecule has 0 spiro atoms. The highest BCUT2D eigenvalue weighted by Gasteiger charge is 2.31. The number of nitrogens with zero attached hydrogens (tertiary/aromatic N) is 4. The van der Waals surface area contributed by atoms with Gasteiger partial charge in [-0.1, -0.05) is 54.6 Å². The predicted molar refractivity (Wildman–Crippen MR) is 164 cm³/mol. The number of benzene rings is 3. The summed E-state index contributed by atoms with van der Waals surface area (Å²) in [6.07, 6.45) is 0.398. The van der Waals surface area contributed by atoms with Gasteiger partial charge in [-0.25, -0.2) is 4.98 Å². The second-order valence-electron chi connectivity index (χ2n) is 10.6. The number of alkyl halides is 3. The Hall–Kier alpha value is -4.97. The average molecular weight is 616 g/mol. The zero-order valence-corrected chi connectivity index (χ0v) is 24.1. The van der Waals surface area contributed by atoms with Crippen LogP contribution in [0.15, 0.2) is 83.5 Å². The standard InChI is InChI=1S/C32H25F3N6O2S/c33-32(34,35)21-13-11-20(12-14-21)24-17-25(23-10-6-8-19-7-2-3-9-22(19)23)37-31-27(24)28(36)29(44-31)30(42)38-26-18-41(39-43-26)40-15-4-1-5-16-40/h2-3,6-14,17-18H,1,4-5,15-16H2,(H2-,36,38,39,42)/p+1. The second-order valence-corrected chi connectivity index (χ2v) is 11.6. The van der Waals surface area contributed by atoms with Crippen LogP contribution in [0.4, 0.5) is 24.7 Å². The third-order valence-electron chi connectivity index (χ3n) is 7.81. The first-order valence-corrected chi connectivity index (χ1v) is 14.9. The van der Waals surface area contributed by atoms with Crippen LogP contribution < -0.4 is 20.9 Å². The molecule has 3 aromatic carbocycles. The van der Waals surface area contributed by atoms with Crippen molar-refractivity contribution in [3.63, 3.8) is 0 Å². The molecule has 12 heteroatoms. The van der Waals surface area contributed by atoms with Crippen LogP contribution in [0.1, 0.15) is 34.5 Å². The van der Waals surface area contributed by atoms with Crippen molar-refractivity contribution in [1.29, 1.82) is 0 Å². The molecule has 1 aliphatic rings. The smallest absolute Gasteiger partial charge is 0.397 e. The first-order valence-electron chi connectivity index (χ1n) is 14.1. The topological polar surface area (TPSA) is 101 Å². The molecule has 0 radical (unpaired) electrons. The molecule has 0 saturated carbocycles. The van der Waals surface area contributed by atoms with Gasteiger partial charge in [0.2, 0.25) is 5.27 Å². The molecule has 8 nitrogen and oxygen atoms in total. The summed E-state index contributed by atoms with van der Waals surface area (Å²) in [5, 5.41) is 11.3. The zero-order valence-electron chi connectivity index (χ0n) is 23.3. The number of thiophene rings is 1. The van der Waals surface area contributed by atoms with E-state index >= 15 is 0 Å². The van der Waals surface area contributed by atoms with Gasteiger partial charge in [-0.15, -0.1) is 11.3 Å². The molecule has 0 unspecified atom stereocenters. The average Bonchev–Trinajstić information content (AvgIpc) is 3.64. The minimum Gasteiger partial charge on any atom is -0.397 e. The van der Waals surface area contributed by atoms with Crippen LogP contribution in [0.5, 0.6) is 0 Å². The number of fused-ring (bicyclic) bond motifs is 2. The lowest BCUT2D eigenvalue weighted by atomic mass is 9.96. The molecule has 44 heavy (non-hydrogen) atoms. The van der Waals surface area contributed by atoms with E-state index in [1.807, 2.05) is 53.5 Å². The lowest BCUT2D eigenvalue weighted by molar-refractivity contribution is -0.759. The van der Waals surface area contributed by atoms with Crippen molar-refractivity contribution < 1.29 is 27.3 Å². The fourth-order valence-corrected chi connectivity index (χ4v) is 6.63. The van der Waals surface area contributed by atoms with Crippen LogP contribution in [0, 0.1) is 0 Å². The van der Waals surface area contributed by atoms with Crippen LogP contribution in [0.3, 0.4) is 0 Å². The maximum Gasteiger partial charge on any atom is 0.416 e. The van der Waals surface area contributed by atoms with Gasteiger partial charge < -0.3 is 5.73 Å². The Balaban J connectivity index is 1.32. The van der Waals surface area contributed by atoms with Gasteiger partial charge in [0.15, 0.2) is 0 Å². The van der Waals surface area contributed by atoms with Crippen molar-refractivity contribution in [2.24, 2.45) is 0 Å². The number of pyridine rings is 1. The van der Waals surface area contributed by atoms with Gasteiger partial charge in [0.25, 0.3) is 12.1 Å². The predicted octanol–water partition coefficient (Wildman–Crippen LogP) is 7.03. The Morgan fingerprint density at radius 2 is 1.73 bits per heavy atom. The largest absolute Gasteiger partial charge is 0.416 e. The summed E-state index contributed by atoms with van der Waals surface area (Å²) in [5.41, 5.74) is 8.56. The number of aromatic nitrogens is 3. The molecule has 1 saturated heterocycles. The number of hydrogen-bond donors (Lipinski definition) is 2. The van der Waals surface area contributed by atoms with Crippen molar-refractivity contribution in [2.45, 2.75) is 25.4 Å². The zero-order chi connectivity index (χ0) is 30.4. The van der Waals surface area contributed by atoms with E-state index < -0.39 is 17.6 Å². The van der Waals surface area contributed by atoms with Gasteiger partial charge in [0.1, 0.15) is 9.71 Å². The first kappa shape index (κ1) is 27.8. The number of hydrogen-bond acceptors (Lipinski definition) is 7. The Morgan fingerprint density at radius 1 is 0.977 bits per heavy atom. The number of halogens is 3. The summed E-state index contributed by atoms with van der Waals surface area (Å²) >= 11 is 1.11. The van der Waals surface area contributed by atoms with Crippen molar-refractivity contribution >= 4 is 49.8 Å². The van der Waals surface area contributed by atoms with E-state index in [0.29, 0.717) is 27.0 Å². The third kappa shape index (κ3) is 5.11. The summed E-state index contributed by atoms with van der Waals surface area (Å²) < 4.78 is 45.5. The lowest BCUT2D eigenvalue weighted by Crippen LogP contribution is -2.60. The number of carbonyl (C=O) groups excluding carboxylic acids is 1. The minimum absolute atomic E-state index is 0.157. The van der Waals surface area contributed by atoms with E-state index in [1.54, 1.807) is 11.0 Å². The van der Waals surface area contributed by atoms with Gasteiger partial charge in [-0.3, -0.25) is 14.6 Å². The maximum atomic E-state index is 13.5. The molecular formula is C32H26F3N6O2S+. The molecule has 3 aromatic heterocycles. The van der Waals surface area contributed by atoms with Gasteiger partial charge in [-0.05, 0) is 59.4 Å². The van der Waals surface area contributed by atoms with Gasteiger partial charge >= 0.3 is 12.1 Å². The number of anilines is 2. The highest BCUT2D eigenvalue weighted by Crippen LogP contribution is 2.43. The molecule has 222 valence electrons. The van der Waals surface area contributed by atoms with E-state index in [2.05, 4.69) is 10.6 Å². The number of carbonyl (C=O) groups is 1. The van der Waals surface area contributed by atoms with E-state index in [-0.39, 0.29) is 16.4 Å². The molecule has 6 aromatic rings. The van der Waals surface area contributed by atoms with Crippen molar-refractivity contribution in [1.82, 2.24) is 10.3 Å². The first-order chi connectivity index (χ1) is 21.3. The Kier molecular flexibility index (Phi) is 6.92. The maximum absolute atomic E-state index is 13.5. The highest BCUT2D eigenvalue weighted by atomic mass is 32.1. The molecule has 7 rings (SSSR count). The fourth-order valence-electron chi connectivity index (χ4n) is 5.62. The summed E-state index contributed by atoms with van der Waals surface area (Å²) in [5.74, 6) is -0.345. The summed E-state index contributed by atoms with van der Waals surface area (Å²) in [6.45, 7) is 1.68. The molecule has 4 heterocycles. The van der Waals surface area contributed by atoms with Crippen molar-refractivity contribution in [3.8, 4) is 22.4 Å². The van der Waals surface area contributed by atoms with Crippen LogP contribution in [-0.4, -0.2) is 29.3 Å². The summed E-state index contributed by atoms with van der Waals surface area (Å²) in [6, 6.07) is 20.5. The van der Waals surface area contributed by atoms with E-state index in [0.717, 1.165) is 72.2 Å². The molecule has 1 fully saturated rings. The van der Waals surface area contributed by atoms with Crippen LogP contribution >= 0.6 is 11.3 Å². The number of amides is 1. The molecule has 1 amide bonds. The van der Waals surface area contributed by atoms with Gasteiger partial charge in [0, 0.05) is 10.9 Å². The fraction of sp³-hybridized carbons (Fsp3) is 0.188. The Morgan fingerprint density at radius 3 is 2.50 bits per heavy atom. The summed E-state index contributed by atoms with van der Waals surface area (Å²) in [4.78, 5) is 20.7. The SMILES string of the molecule is Nc1c(C(=O)Nc2c[n+](N3CCCCC3)no2)sc2nc(-c3cccc4ccccc34)cc(-c3ccc(C(F)(F)F)cc3)c12. The number of rotatable bonds is 5.